The standard InChI is InChI=1S/C19H19BrClN3S/c20-14-4-5-16-17(11-14)24-19(6-8-25-9-7-19)18(23-16)22-12-13-2-1-3-15(21)10-13/h1-5,10-11,24H,6-9,12H2,(H,22,23). The van der Waals surface area contributed by atoms with Crippen LogP contribution in [0.25, 0.3) is 0 Å². The van der Waals surface area contributed by atoms with Gasteiger partial charge in [-0.25, -0.2) is 0 Å². The molecule has 0 atom stereocenters. The number of nitrogens with one attached hydrogen (secondary N) is 2. The van der Waals surface area contributed by atoms with Gasteiger partial charge in [0.05, 0.1) is 23.5 Å². The fraction of sp³-hybridized carbons (Fsp3) is 0.316. The van der Waals surface area contributed by atoms with Crippen LogP contribution in [0.3, 0.4) is 0 Å². The van der Waals surface area contributed by atoms with E-state index in [1.807, 2.05) is 30.0 Å². The summed E-state index contributed by atoms with van der Waals surface area (Å²) in [5, 5.41) is 8.14. The van der Waals surface area contributed by atoms with Crippen molar-refractivity contribution in [1.82, 2.24) is 0 Å². The predicted octanol–water partition coefficient (Wildman–Crippen LogP) is 5.80. The Morgan fingerprint density at radius 2 is 1.96 bits per heavy atom. The van der Waals surface area contributed by atoms with Gasteiger partial charge in [0.2, 0.25) is 0 Å². The first-order valence-electron chi connectivity index (χ1n) is 8.37. The Labute approximate surface area is 165 Å². The maximum Gasteiger partial charge on any atom is 0.127 e. The molecule has 0 amide bonds. The molecular formula is C19H19BrClN3S. The molecule has 2 aliphatic heterocycles. The number of thioether (sulfide) groups is 1. The minimum atomic E-state index is -0.0996. The van der Waals surface area contributed by atoms with Crippen molar-refractivity contribution in [3.05, 3.63) is 57.5 Å². The summed E-state index contributed by atoms with van der Waals surface area (Å²) >= 11 is 11.7. The number of amidine groups is 1. The van der Waals surface area contributed by atoms with Gasteiger partial charge in [-0.2, -0.15) is 11.8 Å². The summed E-state index contributed by atoms with van der Waals surface area (Å²) in [4.78, 5) is 4.96. The number of anilines is 2. The summed E-state index contributed by atoms with van der Waals surface area (Å²) in [7, 11) is 0. The highest BCUT2D eigenvalue weighted by Gasteiger charge is 2.41. The third-order valence-corrected chi connectivity index (χ3v) is 6.43. The van der Waals surface area contributed by atoms with E-state index < -0.39 is 0 Å². The van der Waals surface area contributed by atoms with E-state index in [1.165, 1.54) is 0 Å². The molecule has 1 saturated heterocycles. The first kappa shape index (κ1) is 17.3. The molecule has 2 aromatic rings. The van der Waals surface area contributed by atoms with E-state index in [0.717, 1.165) is 56.6 Å². The van der Waals surface area contributed by atoms with Gasteiger partial charge in [0.15, 0.2) is 0 Å². The lowest BCUT2D eigenvalue weighted by Crippen LogP contribution is -2.54. The normalized spacial score (nSPS) is 20.0. The van der Waals surface area contributed by atoms with Gasteiger partial charge >= 0.3 is 0 Å². The van der Waals surface area contributed by atoms with Gasteiger partial charge in [-0.1, -0.05) is 39.7 Å². The van der Waals surface area contributed by atoms with Gasteiger partial charge in [0, 0.05) is 9.50 Å². The van der Waals surface area contributed by atoms with E-state index >= 15 is 0 Å². The summed E-state index contributed by atoms with van der Waals surface area (Å²) < 4.78 is 1.08. The Balaban J connectivity index is 1.68. The second kappa shape index (κ2) is 7.22. The third kappa shape index (κ3) is 3.69. The van der Waals surface area contributed by atoms with Crippen LogP contribution in [0, 0.1) is 0 Å². The zero-order valence-corrected chi connectivity index (χ0v) is 16.8. The Morgan fingerprint density at radius 1 is 1.12 bits per heavy atom. The van der Waals surface area contributed by atoms with E-state index in [1.54, 1.807) is 0 Å². The number of hydrogen-bond donors (Lipinski definition) is 2. The Bertz CT molecular complexity index is 818. The molecule has 2 heterocycles. The fourth-order valence-corrected chi connectivity index (χ4v) is 5.13. The molecule has 1 spiro atoms. The number of aliphatic imine (C=N–C) groups is 1. The third-order valence-electron chi connectivity index (χ3n) is 4.72. The van der Waals surface area contributed by atoms with Crippen molar-refractivity contribution in [3.8, 4) is 0 Å². The topological polar surface area (TPSA) is 36.4 Å². The molecule has 0 saturated carbocycles. The Kier molecular flexibility index (Phi) is 4.98. The summed E-state index contributed by atoms with van der Waals surface area (Å²) in [6.07, 6.45) is 2.15. The van der Waals surface area contributed by atoms with Crippen molar-refractivity contribution in [2.45, 2.75) is 24.9 Å². The maximum atomic E-state index is 6.11. The highest BCUT2D eigenvalue weighted by Crippen LogP contribution is 2.40. The monoisotopic (exact) mass is 435 g/mol. The molecule has 0 bridgehead atoms. The molecule has 6 heteroatoms. The molecule has 2 aliphatic rings. The van der Waals surface area contributed by atoms with Crippen LogP contribution in [-0.4, -0.2) is 22.9 Å². The molecule has 0 radical (unpaired) electrons. The number of halogens is 2. The smallest absolute Gasteiger partial charge is 0.127 e. The fourth-order valence-electron chi connectivity index (χ4n) is 3.37. The number of benzene rings is 2. The van der Waals surface area contributed by atoms with Crippen LogP contribution in [0.15, 0.2) is 51.9 Å². The van der Waals surface area contributed by atoms with Crippen molar-refractivity contribution in [3.63, 3.8) is 0 Å². The summed E-state index contributed by atoms with van der Waals surface area (Å²) in [6.45, 7) is 0.630. The van der Waals surface area contributed by atoms with Crippen LogP contribution in [0.1, 0.15) is 18.4 Å². The molecular weight excluding hydrogens is 418 g/mol. The Hall–Kier alpha value is -1.17. The van der Waals surface area contributed by atoms with Gasteiger partial charge in [-0.05, 0) is 60.2 Å². The quantitative estimate of drug-likeness (QED) is 0.624. The summed E-state index contributed by atoms with van der Waals surface area (Å²) in [5.74, 6) is 3.34. The van der Waals surface area contributed by atoms with Crippen LogP contribution in [0.2, 0.25) is 5.02 Å². The minimum absolute atomic E-state index is 0.0996. The molecule has 2 N–H and O–H groups in total. The first-order chi connectivity index (χ1) is 12.1. The van der Waals surface area contributed by atoms with E-state index in [0.29, 0.717) is 6.54 Å². The number of fused-ring (bicyclic) bond motifs is 1. The average Bonchev–Trinajstić information content (AvgIpc) is 2.61. The lowest BCUT2D eigenvalue weighted by molar-refractivity contribution is 0.559. The van der Waals surface area contributed by atoms with Gasteiger partial charge in [-0.15, -0.1) is 0 Å². The van der Waals surface area contributed by atoms with E-state index in [4.69, 9.17) is 16.6 Å². The Morgan fingerprint density at radius 3 is 2.76 bits per heavy atom. The molecule has 25 heavy (non-hydrogen) atoms. The van der Waals surface area contributed by atoms with Crippen LogP contribution in [0.4, 0.5) is 11.4 Å². The molecule has 0 unspecified atom stereocenters. The number of hydrogen-bond acceptors (Lipinski definition) is 3. The molecule has 130 valence electrons. The summed E-state index contributed by atoms with van der Waals surface area (Å²) in [5.41, 5.74) is 3.25. The highest BCUT2D eigenvalue weighted by atomic mass is 79.9. The zero-order chi connectivity index (χ0) is 17.3. The second-order valence-corrected chi connectivity index (χ2v) is 9.01. The lowest BCUT2D eigenvalue weighted by Gasteiger charge is -2.43. The van der Waals surface area contributed by atoms with Gasteiger partial charge in [0.1, 0.15) is 5.84 Å². The minimum Gasteiger partial charge on any atom is -0.371 e. The van der Waals surface area contributed by atoms with Crippen molar-refractivity contribution < 1.29 is 0 Å². The molecule has 3 nitrogen and oxygen atoms in total. The van der Waals surface area contributed by atoms with E-state index in [2.05, 4.69) is 50.8 Å². The summed E-state index contributed by atoms with van der Waals surface area (Å²) in [6, 6.07) is 14.2. The van der Waals surface area contributed by atoms with Crippen LogP contribution in [-0.2, 0) is 6.54 Å². The SMILES string of the molecule is Clc1cccc(CN=C2Nc3ccc(Br)cc3NC23CCSCC3)c1. The molecule has 0 aliphatic carbocycles. The average molecular weight is 437 g/mol. The maximum absolute atomic E-state index is 6.11. The van der Waals surface area contributed by atoms with Crippen molar-refractivity contribution in [1.29, 1.82) is 0 Å². The van der Waals surface area contributed by atoms with Gasteiger partial charge in [0.25, 0.3) is 0 Å². The first-order valence-corrected chi connectivity index (χ1v) is 10.7. The molecule has 1 fully saturated rings. The number of nitrogens with zero attached hydrogens (tertiary/aromatic N) is 1. The van der Waals surface area contributed by atoms with Crippen LogP contribution < -0.4 is 10.6 Å². The van der Waals surface area contributed by atoms with Crippen molar-refractivity contribution >= 4 is 56.5 Å². The van der Waals surface area contributed by atoms with Crippen LogP contribution >= 0.6 is 39.3 Å². The molecule has 4 rings (SSSR count). The molecule has 2 aromatic carbocycles. The largest absolute Gasteiger partial charge is 0.371 e. The van der Waals surface area contributed by atoms with Crippen LogP contribution in [0.5, 0.6) is 0 Å². The zero-order valence-electron chi connectivity index (χ0n) is 13.7. The van der Waals surface area contributed by atoms with E-state index in [-0.39, 0.29) is 5.54 Å². The van der Waals surface area contributed by atoms with Gasteiger partial charge < -0.3 is 10.6 Å². The lowest BCUT2D eigenvalue weighted by atomic mass is 9.87. The van der Waals surface area contributed by atoms with Crippen molar-refractivity contribution in [2.24, 2.45) is 4.99 Å². The second-order valence-electron chi connectivity index (χ2n) is 6.43. The highest BCUT2D eigenvalue weighted by molar-refractivity contribution is 9.10. The van der Waals surface area contributed by atoms with E-state index in [9.17, 15) is 0 Å². The predicted molar refractivity (Wildman–Crippen MR) is 113 cm³/mol. The molecule has 0 aromatic heterocycles. The van der Waals surface area contributed by atoms with Gasteiger partial charge in [-0.3, -0.25) is 4.99 Å². The van der Waals surface area contributed by atoms with Crippen molar-refractivity contribution in [2.75, 3.05) is 22.1 Å². The number of rotatable bonds is 2.